The van der Waals surface area contributed by atoms with Crippen molar-refractivity contribution in [3.05, 3.63) is 0 Å². The smallest absolute Gasteiger partial charge is 0.0718 e. The average Bonchev–Trinajstić information content (AvgIpc) is 2.64. The second-order valence-electron chi connectivity index (χ2n) is 6.56. The molecule has 1 N–H and O–H groups in total. The van der Waals surface area contributed by atoms with E-state index >= 15 is 0 Å². The van der Waals surface area contributed by atoms with Crippen molar-refractivity contribution in [3.63, 3.8) is 0 Å². The quantitative estimate of drug-likeness (QED) is 0.808. The molecular weight excluding hydrogens is 212 g/mol. The van der Waals surface area contributed by atoms with Crippen molar-refractivity contribution in [1.82, 2.24) is 9.80 Å². The Kier molecular flexibility index (Phi) is 4.45. The first-order valence-electron chi connectivity index (χ1n) is 7.20. The zero-order valence-corrected chi connectivity index (χ0v) is 11.5. The van der Waals surface area contributed by atoms with E-state index in [1.54, 1.807) is 0 Å². The third-order valence-electron chi connectivity index (χ3n) is 3.95. The number of piperidine rings is 1. The van der Waals surface area contributed by atoms with Gasteiger partial charge in [-0.05, 0) is 58.7 Å². The molecule has 2 rings (SSSR count). The van der Waals surface area contributed by atoms with Gasteiger partial charge in [0.1, 0.15) is 0 Å². The zero-order chi connectivity index (χ0) is 12.3. The maximum absolute atomic E-state index is 9.83. The topological polar surface area (TPSA) is 26.7 Å². The van der Waals surface area contributed by atoms with Gasteiger partial charge in [-0.3, -0.25) is 0 Å². The van der Waals surface area contributed by atoms with E-state index in [4.69, 9.17) is 0 Å². The van der Waals surface area contributed by atoms with E-state index in [0.717, 1.165) is 12.5 Å². The first-order chi connectivity index (χ1) is 8.03. The van der Waals surface area contributed by atoms with Crippen molar-refractivity contribution in [2.24, 2.45) is 5.92 Å². The van der Waals surface area contributed by atoms with Crippen molar-refractivity contribution in [1.29, 1.82) is 0 Å². The van der Waals surface area contributed by atoms with E-state index < -0.39 is 5.60 Å². The molecule has 0 aromatic heterocycles. The lowest BCUT2D eigenvalue weighted by atomic mass is 10.1. The van der Waals surface area contributed by atoms with Crippen LogP contribution in [-0.4, -0.2) is 59.8 Å². The molecule has 0 amide bonds. The van der Waals surface area contributed by atoms with Crippen LogP contribution in [0.5, 0.6) is 0 Å². The summed E-state index contributed by atoms with van der Waals surface area (Å²) in [4.78, 5) is 5.07. The van der Waals surface area contributed by atoms with Gasteiger partial charge in [-0.25, -0.2) is 0 Å². The van der Waals surface area contributed by atoms with Crippen molar-refractivity contribution in [2.75, 3.05) is 39.3 Å². The Labute approximate surface area is 106 Å². The molecule has 2 aliphatic heterocycles. The van der Waals surface area contributed by atoms with Gasteiger partial charge in [0.15, 0.2) is 0 Å². The van der Waals surface area contributed by atoms with Crippen LogP contribution in [0.15, 0.2) is 0 Å². The Morgan fingerprint density at radius 2 is 1.76 bits per heavy atom. The number of nitrogens with zero attached hydrogens (tertiary/aromatic N) is 2. The van der Waals surface area contributed by atoms with Gasteiger partial charge in [-0.2, -0.15) is 0 Å². The fourth-order valence-corrected chi connectivity index (χ4v) is 3.26. The Morgan fingerprint density at radius 3 is 2.41 bits per heavy atom. The Morgan fingerprint density at radius 1 is 1.06 bits per heavy atom. The summed E-state index contributed by atoms with van der Waals surface area (Å²) >= 11 is 0. The van der Waals surface area contributed by atoms with Gasteiger partial charge in [0.2, 0.25) is 0 Å². The van der Waals surface area contributed by atoms with Gasteiger partial charge < -0.3 is 14.9 Å². The van der Waals surface area contributed by atoms with Crippen molar-refractivity contribution < 1.29 is 5.11 Å². The predicted octanol–water partition coefficient (Wildman–Crippen LogP) is 1.57. The van der Waals surface area contributed by atoms with E-state index in [0.29, 0.717) is 0 Å². The number of β-amino-alcohol motifs (C(OH)–C–C–N with tert-alkyl or cyclic N) is 1. The molecule has 3 heteroatoms. The largest absolute Gasteiger partial charge is 0.389 e. The molecule has 0 bridgehead atoms. The molecular formula is C14H28N2O. The highest BCUT2D eigenvalue weighted by Crippen LogP contribution is 2.21. The highest BCUT2D eigenvalue weighted by molar-refractivity contribution is 4.82. The van der Waals surface area contributed by atoms with Crippen LogP contribution in [-0.2, 0) is 0 Å². The molecule has 0 aromatic rings. The molecule has 3 nitrogen and oxygen atoms in total. The van der Waals surface area contributed by atoms with E-state index in [2.05, 4.69) is 9.80 Å². The minimum Gasteiger partial charge on any atom is -0.389 e. The number of aliphatic hydroxyl groups is 1. The fourth-order valence-electron chi connectivity index (χ4n) is 3.26. The molecule has 0 radical (unpaired) electrons. The molecule has 1 atom stereocenters. The van der Waals surface area contributed by atoms with Crippen LogP contribution in [0, 0.1) is 5.92 Å². The maximum atomic E-state index is 9.83. The third kappa shape index (κ3) is 4.57. The molecule has 100 valence electrons. The van der Waals surface area contributed by atoms with Crippen LogP contribution in [0.4, 0.5) is 0 Å². The van der Waals surface area contributed by atoms with Crippen LogP contribution < -0.4 is 0 Å². The zero-order valence-electron chi connectivity index (χ0n) is 11.5. The second-order valence-corrected chi connectivity index (χ2v) is 6.56. The molecule has 2 fully saturated rings. The molecule has 0 saturated carbocycles. The summed E-state index contributed by atoms with van der Waals surface area (Å²) in [5, 5.41) is 9.83. The number of hydrogen-bond acceptors (Lipinski definition) is 3. The lowest BCUT2D eigenvalue weighted by Crippen LogP contribution is -2.39. The van der Waals surface area contributed by atoms with Crippen LogP contribution >= 0.6 is 0 Å². The summed E-state index contributed by atoms with van der Waals surface area (Å²) in [5.41, 5.74) is -0.542. The van der Waals surface area contributed by atoms with E-state index in [1.165, 1.54) is 58.4 Å². The minimum atomic E-state index is -0.542. The Balaban J connectivity index is 1.70. The van der Waals surface area contributed by atoms with E-state index in [-0.39, 0.29) is 0 Å². The first-order valence-corrected chi connectivity index (χ1v) is 7.20. The summed E-state index contributed by atoms with van der Waals surface area (Å²) in [5.74, 6) is 0.829. The molecule has 17 heavy (non-hydrogen) atoms. The molecule has 2 saturated heterocycles. The van der Waals surface area contributed by atoms with Crippen LogP contribution in [0.1, 0.15) is 39.5 Å². The fraction of sp³-hybridized carbons (Fsp3) is 1.00. The van der Waals surface area contributed by atoms with Gasteiger partial charge in [-0.15, -0.1) is 0 Å². The second kappa shape index (κ2) is 5.68. The van der Waals surface area contributed by atoms with Gasteiger partial charge in [0, 0.05) is 19.6 Å². The SMILES string of the molecule is CC(C)(O)CN1CCC(CN2CCCCC2)C1. The summed E-state index contributed by atoms with van der Waals surface area (Å²) in [6.45, 7) is 10.9. The average molecular weight is 240 g/mol. The van der Waals surface area contributed by atoms with Crippen LogP contribution in [0.3, 0.4) is 0 Å². The third-order valence-corrected chi connectivity index (χ3v) is 3.95. The van der Waals surface area contributed by atoms with E-state index in [1.807, 2.05) is 13.8 Å². The van der Waals surface area contributed by atoms with Gasteiger partial charge >= 0.3 is 0 Å². The number of rotatable bonds is 4. The highest BCUT2D eigenvalue weighted by Gasteiger charge is 2.28. The predicted molar refractivity (Wildman–Crippen MR) is 71.1 cm³/mol. The summed E-state index contributed by atoms with van der Waals surface area (Å²) < 4.78 is 0. The van der Waals surface area contributed by atoms with Crippen molar-refractivity contribution >= 4 is 0 Å². The molecule has 0 aromatic carbocycles. The molecule has 2 heterocycles. The van der Waals surface area contributed by atoms with E-state index in [9.17, 15) is 5.11 Å². The standard InChI is InChI=1S/C14H28N2O/c1-14(2,17)12-16-9-6-13(11-16)10-15-7-4-3-5-8-15/h13,17H,3-12H2,1-2H3. The molecule has 2 aliphatic rings. The molecule has 0 aliphatic carbocycles. The Bertz CT molecular complexity index is 231. The maximum Gasteiger partial charge on any atom is 0.0718 e. The highest BCUT2D eigenvalue weighted by atomic mass is 16.3. The normalized spacial score (nSPS) is 28.8. The summed E-state index contributed by atoms with van der Waals surface area (Å²) in [7, 11) is 0. The molecule has 0 spiro atoms. The van der Waals surface area contributed by atoms with Crippen LogP contribution in [0.2, 0.25) is 0 Å². The number of hydrogen-bond donors (Lipinski definition) is 1. The van der Waals surface area contributed by atoms with Gasteiger partial charge in [0.25, 0.3) is 0 Å². The van der Waals surface area contributed by atoms with Gasteiger partial charge in [-0.1, -0.05) is 6.42 Å². The minimum absolute atomic E-state index is 0.542. The van der Waals surface area contributed by atoms with Crippen molar-refractivity contribution in [2.45, 2.75) is 45.1 Å². The number of likely N-dealkylation sites (tertiary alicyclic amines) is 2. The van der Waals surface area contributed by atoms with Gasteiger partial charge in [0.05, 0.1) is 5.60 Å². The summed E-state index contributed by atoms with van der Waals surface area (Å²) in [6.07, 6.45) is 5.51. The Hall–Kier alpha value is -0.120. The lowest BCUT2D eigenvalue weighted by molar-refractivity contribution is 0.0421. The lowest BCUT2D eigenvalue weighted by Gasteiger charge is -2.29. The van der Waals surface area contributed by atoms with Crippen LogP contribution in [0.25, 0.3) is 0 Å². The molecule has 1 unspecified atom stereocenters. The monoisotopic (exact) mass is 240 g/mol. The first kappa shape index (κ1) is 13.3. The van der Waals surface area contributed by atoms with Crippen molar-refractivity contribution in [3.8, 4) is 0 Å². The summed E-state index contributed by atoms with van der Waals surface area (Å²) in [6, 6.07) is 0.